The molecule has 2 aromatic carbocycles. The van der Waals surface area contributed by atoms with Crippen molar-refractivity contribution in [2.75, 3.05) is 27.6 Å². The lowest BCUT2D eigenvalue weighted by Crippen LogP contribution is -2.23. The van der Waals surface area contributed by atoms with Gasteiger partial charge in [-0.15, -0.1) is 0 Å². The molecule has 10 heteroatoms. The van der Waals surface area contributed by atoms with Gasteiger partial charge in [0.15, 0.2) is 22.9 Å². The van der Waals surface area contributed by atoms with Gasteiger partial charge in [0.2, 0.25) is 6.79 Å². The van der Waals surface area contributed by atoms with E-state index >= 15 is 0 Å². The summed E-state index contributed by atoms with van der Waals surface area (Å²) in [6, 6.07) is 10.5. The highest BCUT2D eigenvalue weighted by Gasteiger charge is 2.19. The lowest BCUT2D eigenvalue weighted by Gasteiger charge is -2.06. The Labute approximate surface area is 175 Å². The first-order valence-electron chi connectivity index (χ1n) is 8.91. The number of benzene rings is 2. The summed E-state index contributed by atoms with van der Waals surface area (Å²) in [6.45, 7) is -0.220. The van der Waals surface area contributed by atoms with Crippen molar-refractivity contribution >= 4 is 33.4 Å². The standard InChI is InChI=1S/C20H18N2O7S/c1-25-12-4-3-5-13(6-12)27-10-18(23)21-20-22(9-19(24)26-2)14-7-15-16(29-11-28-15)8-17(14)30-20/h3-8H,9-11H2,1-2H3. The maximum absolute atomic E-state index is 12.4. The Morgan fingerprint density at radius 1 is 1.13 bits per heavy atom. The van der Waals surface area contributed by atoms with Crippen LogP contribution in [0.5, 0.6) is 23.0 Å². The van der Waals surface area contributed by atoms with Crippen molar-refractivity contribution in [1.82, 2.24) is 4.57 Å². The van der Waals surface area contributed by atoms with Crippen molar-refractivity contribution in [1.29, 1.82) is 0 Å². The smallest absolute Gasteiger partial charge is 0.325 e. The van der Waals surface area contributed by atoms with Gasteiger partial charge in [0, 0.05) is 18.2 Å². The number of carbonyl (C=O) groups excluding carboxylic acids is 2. The van der Waals surface area contributed by atoms with E-state index in [1.165, 1.54) is 18.4 Å². The zero-order valence-electron chi connectivity index (χ0n) is 16.2. The third-order valence-electron chi connectivity index (χ3n) is 4.32. The van der Waals surface area contributed by atoms with Crippen molar-refractivity contribution < 1.29 is 33.3 Å². The molecule has 0 unspecified atom stereocenters. The molecule has 0 aliphatic carbocycles. The summed E-state index contributed by atoms with van der Waals surface area (Å²) in [6.07, 6.45) is 0. The van der Waals surface area contributed by atoms with Crippen LogP contribution in [0.25, 0.3) is 10.2 Å². The Balaban J connectivity index is 1.64. The van der Waals surface area contributed by atoms with Gasteiger partial charge in [0.1, 0.15) is 18.0 Å². The summed E-state index contributed by atoms with van der Waals surface area (Å²) in [4.78, 5) is 28.8. The summed E-state index contributed by atoms with van der Waals surface area (Å²) >= 11 is 1.26. The Kier molecular flexibility index (Phi) is 5.57. The normalized spacial score (nSPS) is 12.8. The van der Waals surface area contributed by atoms with Gasteiger partial charge in [-0.1, -0.05) is 17.4 Å². The highest BCUT2D eigenvalue weighted by Crippen LogP contribution is 2.37. The average molecular weight is 430 g/mol. The summed E-state index contributed by atoms with van der Waals surface area (Å²) in [5, 5.41) is 0. The largest absolute Gasteiger partial charge is 0.497 e. The molecule has 1 aromatic heterocycles. The SMILES string of the molecule is COC(=O)Cn1c(=NC(=O)COc2cccc(OC)c2)sc2cc3c(cc21)OCO3. The van der Waals surface area contributed by atoms with Gasteiger partial charge in [-0.2, -0.15) is 4.99 Å². The molecule has 1 aliphatic rings. The summed E-state index contributed by atoms with van der Waals surface area (Å²) in [7, 11) is 2.85. The molecule has 30 heavy (non-hydrogen) atoms. The van der Waals surface area contributed by atoms with E-state index in [9.17, 15) is 9.59 Å². The van der Waals surface area contributed by atoms with Gasteiger partial charge >= 0.3 is 5.97 Å². The number of fused-ring (bicyclic) bond motifs is 2. The molecule has 0 spiro atoms. The molecule has 156 valence electrons. The number of hydrogen-bond donors (Lipinski definition) is 0. The van der Waals surface area contributed by atoms with Crippen LogP contribution in [0.1, 0.15) is 0 Å². The van der Waals surface area contributed by atoms with E-state index in [4.69, 9.17) is 23.7 Å². The van der Waals surface area contributed by atoms with Crippen LogP contribution in [-0.4, -0.2) is 44.1 Å². The van der Waals surface area contributed by atoms with Crippen molar-refractivity contribution in [3.05, 3.63) is 41.2 Å². The van der Waals surface area contributed by atoms with E-state index in [1.807, 2.05) is 0 Å². The summed E-state index contributed by atoms with van der Waals surface area (Å²) < 4.78 is 28.6. The molecule has 0 N–H and O–H groups in total. The monoisotopic (exact) mass is 430 g/mol. The summed E-state index contributed by atoms with van der Waals surface area (Å²) in [5.74, 6) is 1.32. The molecule has 0 fully saturated rings. The molecule has 2 heterocycles. The molecule has 9 nitrogen and oxygen atoms in total. The second-order valence-electron chi connectivity index (χ2n) is 6.19. The van der Waals surface area contributed by atoms with Gasteiger partial charge in [0.25, 0.3) is 5.91 Å². The number of esters is 1. The number of rotatable bonds is 6. The minimum absolute atomic E-state index is 0.0982. The van der Waals surface area contributed by atoms with Crippen molar-refractivity contribution in [3.63, 3.8) is 0 Å². The van der Waals surface area contributed by atoms with Gasteiger partial charge in [-0.05, 0) is 12.1 Å². The van der Waals surface area contributed by atoms with Gasteiger partial charge in [-0.25, -0.2) is 0 Å². The fourth-order valence-electron chi connectivity index (χ4n) is 2.87. The highest BCUT2D eigenvalue weighted by atomic mass is 32.1. The molecule has 0 bridgehead atoms. The zero-order chi connectivity index (χ0) is 21.1. The van der Waals surface area contributed by atoms with Crippen LogP contribution in [0.4, 0.5) is 0 Å². The lowest BCUT2D eigenvalue weighted by molar-refractivity contribution is -0.141. The van der Waals surface area contributed by atoms with Crippen molar-refractivity contribution in [3.8, 4) is 23.0 Å². The number of hydrogen-bond acceptors (Lipinski definition) is 8. The Morgan fingerprint density at radius 2 is 1.90 bits per heavy atom. The third kappa shape index (κ3) is 4.08. The molecule has 4 rings (SSSR count). The first-order valence-corrected chi connectivity index (χ1v) is 9.73. The zero-order valence-corrected chi connectivity index (χ0v) is 17.1. The Bertz CT molecular complexity index is 1180. The van der Waals surface area contributed by atoms with E-state index in [-0.39, 0.29) is 19.9 Å². The molecule has 0 saturated carbocycles. The first kappa shape index (κ1) is 19.8. The molecular weight excluding hydrogens is 412 g/mol. The number of carbonyl (C=O) groups is 2. The molecule has 3 aromatic rings. The third-order valence-corrected chi connectivity index (χ3v) is 5.36. The number of methoxy groups -OCH3 is 2. The number of amides is 1. The van der Waals surface area contributed by atoms with E-state index in [2.05, 4.69) is 4.99 Å². The predicted octanol–water partition coefficient (Wildman–Crippen LogP) is 2.12. The number of thiazole rings is 1. The van der Waals surface area contributed by atoms with Gasteiger partial charge in [0.05, 0.1) is 24.4 Å². The number of aromatic nitrogens is 1. The van der Waals surface area contributed by atoms with Crippen LogP contribution in [-0.2, 0) is 20.9 Å². The topological polar surface area (TPSA) is 97.6 Å². The average Bonchev–Trinajstić information content (AvgIpc) is 3.34. The maximum atomic E-state index is 12.4. The maximum Gasteiger partial charge on any atom is 0.325 e. The minimum Gasteiger partial charge on any atom is -0.497 e. The van der Waals surface area contributed by atoms with Gasteiger partial charge in [-0.3, -0.25) is 9.59 Å². The molecule has 1 amide bonds. The van der Waals surface area contributed by atoms with E-state index < -0.39 is 11.9 Å². The molecule has 1 aliphatic heterocycles. The highest BCUT2D eigenvalue weighted by molar-refractivity contribution is 7.16. The quantitative estimate of drug-likeness (QED) is 0.553. The predicted molar refractivity (Wildman–Crippen MR) is 107 cm³/mol. The van der Waals surface area contributed by atoms with Crippen LogP contribution in [0.2, 0.25) is 0 Å². The summed E-state index contributed by atoms with van der Waals surface area (Å²) in [5.41, 5.74) is 0.690. The Hall–Kier alpha value is -3.53. The van der Waals surface area contributed by atoms with Crippen LogP contribution >= 0.6 is 11.3 Å². The van der Waals surface area contributed by atoms with Crippen LogP contribution in [0, 0.1) is 0 Å². The van der Waals surface area contributed by atoms with E-state index in [1.54, 1.807) is 48.1 Å². The van der Waals surface area contributed by atoms with Gasteiger partial charge < -0.3 is 28.3 Å². The van der Waals surface area contributed by atoms with Crippen LogP contribution in [0.15, 0.2) is 41.4 Å². The number of nitrogens with zero attached hydrogens (tertiary/aromatic N) is 2. The second kappa shape index (κ2) is 8.46. The Morgan fingerprint density at radius 3 is 2.67 bits per heavy atom. The molecule has 0 saturated heterocycles. The van der Waals surface area contributed by atoms with Crippen LogP contribution < -0.4 is 23.7 Å². The van der Waals surface area contributed by atoms with Crippen molar-refractivity contribution in [2.45, 2.75) is 6.54 Å². The lowest BCUT2D eigenvalue weighted by atomic mass is 10.3. The number of ether oxygens (including phenoxy) is 5. The molecule has 0 atom stereocenters. The molecule has 0 radical (unpaired) electrons. The fourth-order valence-corrected chi connectivity index (χ4v) is 3.92. The van der Waals surface area contributed by atoms with Crippen molar-refractivity contribution in [2.24, 2.45) is 4.99 Å². The fraction of sp³-hybridized carbons (Fsp3) is 0.250. The van der Waals surface area contributed by atoms with E-state index in [0.29, 0.717) is 33.3 Å². The van der Waals surface area contributed by atoms with Crippen LogP contribution in [0.3, 0.4) is 0 Å². The minimum atomic E-state index is -0.497. The molecular formula is C20H18N2O7S. The first-order chi connectivity index (χ1) is 14.6. The second-order valence-corrected chi connectivity index (χ2v) is 7.20. The van der Waals surface area contributed by atoms with E-state index in [0.717, 1.165) is 4.70 Å².